The van der Waals surface area contributed by atoms with E-state index in [0.717, 1.165) is 0 Å². The molecule has 0 fully saturated rings. The van der Waals surface area contributed by atoms with Crippen molar-refractivity contribution in [2.45, 2.75) is 25.7 Å². The van der Waals surface area contributed by atoms with Crippen molar-refractivity contribution in [3.63, 3.8) is 0 Å². The van der Waals surface area contributed by atoms with Gasteiger partial charge in [-0.1, -0.05) is 12.1 Å². The number of hydrogen-bond donors (Lipinski definition) is 0. The molecule has 0 amide bonds. The molecule has 0 saturated heterocycles. The van der Waals surface area contributed by atoms with Crippen LogP contribution in [0, 0.1) is 5.82 Å². The van der Waals surface area contributed by atoms with Crippen LogP contribution in [0.2, 0.25) is 5.28 Å². The number of ketones is 1. The van der Waals surface area contributed by atoms with E-state index >= 15 is 0 Å². The van der Waals surface area contributed by atoms with E-state index in [4.69, 9.17) is 21.1 Å². The molecule has 0 aliphatic rings. The molecule has 9 heteroatoms. The smallest absolute Gasteiger partial charge is 0.232 e. The van der Waals surface area contributed by atoms with Crippen molar-refractivity contribution in [3.05, 3.63) is 65.2 Å². The molecule has 1 unspecified atom stereocenters. The average molecular weight is 445 g/mol. The molecule has 2 aromatic heterocycles. The van der Waals surface area contributed by atoms with Crippen LogP contribution in [0.25, 0.3) is 11.3 Å². The molecule has 0 bridgehead atoms. The molecule has 3 aromatic rings. The standard InChI is InChI=1S/C22H22ClFN4O3/c1-3-31-21-13-25-12-19(27-21)15-5-4-14(17(24)10-15)11-20(29)16(7-9-30-2)18-6-8-26-22(23)28-18/h4-6,8,10,12-13,16H,3,7,9,11H2,1-2H3. The number of carbonyl (C=O) groups excluding carboxylic acids is 1. The van der Waals surface area contributed by atoms with E-state index in [0.29, 0.717) is 42.5 Å². The van der Waals surface area contributed by atoms with E-state index < -0.39 is 11.7 Å². The zero-order chi connectivity index (χ0) is 22.2. The van der Waals surface area contributed by atoms with Gasteiger partial charge in [0, 0.05) is 31.9 Å². The first-order chi connectivity index (χ1) is 15.0. The van der Waals surface area contributed by atoms with Gasteiger partial charge in [-0.3, -0.25) is 9.78 Å². The molecule has 7 nitrogen and oxygen atoms in total. The molecule has 0 spiro atoms. The molecule has 1 aromatic carbocycles. The monoisotopic (exact) mass is 444 g/mol. The Hall–Kier alpha value is -2.97. The summed E-state index contributed by atoms with van der Waals surface area (Å²) >= 11 is 5.87. The Balaban J connectivity index is 1.80. The molecule has 3 rings (SSSR count). The van der Waals surface area contributed by atoms with Crippen molar-refractivity contribution >= 4 is 17.4 Å². The van der Waals surface area contributed by atoms with Gasteiger partial charge >= 0.3 is 0 Å². The van der Waals surface area contributed by atoms with Gasteiger partial charge in [-0.25, -0.2) is 19.3 Å². The highest BCUT2D eigenvalue weighted by Gasteiger charge is 2.23. The third-order valence-electron chi connectivity index (χ3n) is 4.62. The van der Waals surface area contributed by atoms with Crippen LogP contribution in [0.4, 0.5) is 4.39 Å². The van der Waals surface area contributed by atoms with Gasteiger partial charge in [0.05, 0.1) is 36.3 Å². The summed E-state index contributed by atoms with van der Waals surface area (Å²) in [6.45, 7) is 2.65. The van der Waals surface area contributed by atoms with Crippen LogP contribution in [0.1, 0.15) is 30.5 Å². The fourth-order valence-electron chi connectivity index (χ4n) is 3.12. The Morgan fingerprint density at radius 2 is 2.06 bits per heavy atom. The summed E-state index contributed by atoms with van der Waals surface area (Å²) in [7, 11) is 1.55. The second kappa shape index (κ2) is 10.9. The second-order valence-electron chi connectivity index (χ2n) is 6.71. The van der Waals surface area contributed by atoms with Gasteiger partial charge in [-0.15, -0.1) is 0 Å². The van der Waals surface area contributed by atoms with Crippen molar-refractivity contribution in [1.29, 1.82) is 0 Å². The number of ether oxygens (including phenoxy) is 2. The second-order valence-corrected chi connectivity index (χ2v) is 7.05. The fraction of sp³-hybridized carbons (Fsp3) is 0.318. The van der Waals surface area contributed by atoms with Crippen molar-refractivity contribution in [2.24, 2.45) is 0 Å². The summed E-state index contributed by atoms with van der Waals surface area (Å²) in [4.78, 5) is 29.4. The number of methoxy groups -OCH3 is 1. The predicted octanol–water partition coefficient (Wildman–Crippen LogP) is 4.06. The molecule has 0 aliphatic heterocycles. The number of hydrogen-bond acceptors (Lipinski definition) is 7. The van der Waals surface area contributed by atoms with Gasteiger partial charge in [0.15, 0.2) is 0 Å². The van der Waals surface area contributed by atoms with Crippen molar-refractivity contribution in [3.8, 4) is 17.1 Å². The summed E-state index contributed by atoms with van der Waals surface area (Å²) in [5, 5.41) is 0.0543. The SMILES string of the molecule is CCOc1cncc(-c2ccc(CC(=O)C(CCOC)c3ccnc(Cl)n3)c(F)c2)n1. The summed E-state index contributed by atoms with van der Waals surface area (Å²) in [5.41, 5.74) is 1.80. The number of rotatable bonds is 10. The van der Waals surface area contributed by atoms with Gasteiger partial charge in [0.25, 0.3) is 0 Å². The van der Waals surface area contributed by atoms with Gasteiger partial charge < -0.3 is 9.47 Å². The zero-order valence-electron chi connectivity index (χ0n) is 17.2. The topological polar surface area (TPSA) is 87.1 Å². The zero-order valence-corrected chi connectivity index (χ0v) is 18.0. The highest BCUT2D eigenvalue weighted by atomic mass is 35.5. The highest BCUT2D eigenvalue weighted by Crippen LogP contribution is 2.25. The van der Waals surface area contributed by atoms with Gasteiger partial charge in [-0.2, -0.15) is 0 Å². The lowest BCUT2D eigenvalue weighted by atomic mass is 9.91. The van der Waals surface area contributed by atoms with Crippen LogP contribution in [0.15, 0.2) is 42.9 Å². The molecule has 0 radical (unpaired) electrons. The molecular weight excluding hydrogens is 423 g/mol. The number of halogens is 2. The Morgan fingerprint density at radius 1 is 1.23 bits per heavy atom. The molecule has 0 N–H and O–H groups in total. The van der Waals surface area contributed by atoms with Gasteiger partial charge in [0.2, 0.25) is 11.2 Å². The largest absolute Gasteiger partial charge is 0.477 e. The Labute approximate surface area is 184 Å². The molecule has 162 valence electrons. The maximum atomic E-state index is 14.8. The van der Waals surface area contributed by atoms with Crippen LogP contribution in [-0.2, 0) is 16.0 Å². The molecule has 2 heterocycles. The lowest BCUT2D eigenvalue weighted by Crippen LogP contribution is -2.19. The minimum absolute atomic E-state index is 0.0543. The maximum Gasteiger partial charge on any atom is 0.232 e. The quantitative estimate of drug-likeness (QED) is 0.436. The van der Waals surface area contributed by atoms with Crippen LogP contribution >= 0.6 is 11.6 Å². The maximum absolute atomic E-state index is 14.8. The number of nitrogens with zero attached hydrogens (tertiary/aromatic N) is 4. The van der Waals surface area contributed by atoms with Gasteiger partial charge in [0.1, 0.15) is 11.6 Å². The minimum Gasteiger partial charge on any atom is -0.477 e. The van der Waals surface area contributed by atoms with Crippen molar-refractivity contribution in [1.82, 2.24) is 19.9 Å². The van der Waals surface area contributed by atoms with Crippen molar-refractivity contribution in [2.75, 3.05) is 20.3 Å². The number of benzene rings is 1. The summed E-state index contributed by atoms with van der Waals surface area (Å²) < 4.78 is 25.3. The van der Waals surface area contributed by atoms with E-state index in [9.17, 15) is 9.18 Å². The third-order valence-corrected chi connectivity index (χ3v) is 4.80. The first-order valence-electron chi connectivity index (χ1n) is 9.75. The number of Topliss-reactive ketones (excluding diaryl/α,β-unsaturated/α-hetero) is 1. The molecule has 1 atom stereocenters. The predicted molar refractivity (Wildman–Crippen MR) is 114 cm³/mol. The Morgan fingerprint density at radius 3 is 2.77 bits per heavy atom. The Kier molecular flexibility index (Phi) is 7.97. The first kappa shape index (κ1) is 22.7. The van der Waals surface area contributed by atoms with E-state index in [2.05, 4.69) is 19.9 Å². The fourth-order valence-corrected chi connectivity index (χ4v) is 3.27. The van der Waals surface area contributed by atoms with E-state index in [1.54, 1.807) is 25.3 Å². The van der Waals surface area contributed by atoms with Crippen LogP contribution in [0.3, 0.4) is 0 Å². The molecular formula is C22H22ClFN4O3. The summed E-state index contributed by atoms with van der Waals surface area (Å²) in [5.74, 6) is -0.894. The molecule has 0 saturated carbocycles. The van der Waals surface area contributed by atoms with E-state index in [1.807, 2.05) is 6.92 Å². The third kappa shape index (κ3) is 6.02. The lowest BCUT2D eigenvalue weighted by Gasteiger charge is -2.15. The van der Waals surface area contributed by atoms with E-state index in [-0.39, 0.29) is 23.1 Å². The normalized spacial score (nSPS) is 11.9. The summed E-state index contributed by atoms with van der Waals surface area (Å²) in [6, 6.07) is 6.26. The molecule has 0 aliphatic carbocycles. The Bertz CT molecular complexity index is 1050. The average Bonchev–Trinajstić information content (AvgIpc) is 2.76. The first-order valence-corrected chi connectivity index (χ1v) is 10.1. The minimum atomic E-state index is -0.576. The van der Waals surface area contributed by atoms with E-state index in [1.165, 1.54) is 24.7 Å². The molecule has 31 heavy (non-hydrogen) atoms. The lowest BCUT2D eigenvalue weighted by molar-refractivity contribution is -0.120. The van der Waals surface area contributed by atoms with Gasteiger partial charge in [-0.05, 0) is 42.6 Å². The highest BCUT2D eigenvalue weighted by molar-refractivity contribution is 6.28. The summed E-state index contributed by atoms with van der Waals surface area (Å²) in [6.07, 6.45) is 4.83. The van der Waals surface area contributed by atoms with Crippen LogP contribution < -0.4 is 4.74 Å². The van der Waals surface area contributed by atoms with Crippen molar-refractivity contribution < 1.29 is 18.7 Å². The number of aromatic nitrogens is 4. The van der Waals surface area contributed by atoms with Crippen LogP contribution in [0.5, 0.6) is 5.88 Å². The van der Waals surface area contributed by atoms with Crippen LogP contribution in [-0.4, -0.2) is 46.0 Å². The number of carbonyl (C=O) groups is 1.